The number of benzene rings is 1. The van der Waals surface area contributed by atoms with Gasteiger partial charge in [-0.15, -0.1) is 0 Å². The molecule has 1 N–H and O–H groups in total. The van der Waals surface area contributed by atoms with E-state index in [4.69, 9.17) is 0 Å². The average Bonchev–Trinajstić information content (AvgIpc) is 2.46. The third-order valence-electron chi connectivity index (χ3n) is 4.60. The standard InChI is InChI=1S/C17H26O/c1-3-13-8-7-10-15(12-13)17(18)16-11-6-5-9-14(16)4-2/h5-6,9,11,13,15,17-18H,3-4,7-8,10,12H2,1-2H3. The molecule has 2 rings (SSSR count). The first-order valence-corrected chi connectivity index (χ1v) is 7.52. The highest BCUT2D eigenvalue weighted by Gasteiger charge is 2.28. The van der Waals surface area contributed by atoms with Crippen LogP contribution in [-0.4, -0.2) is 5.11 Å². The summed E-state index contributed by atoms with van der Waals surface area (Å²) < 4.78 is 0. The molecule has 0 saturated heterocycles. The number of rotatable bonds is 4. The Morgan fingerprint density at radius 2 is 2.00 bits per heavy atom. The van der Waals surface area contributed by atoms with Crippen molar-refractivity contribution in [2.75, 3.05) is 0 Å². The summed E-state index contributed by atoms with van der Waals surface area (Å²) in [6, 6.07) is 8.39. The van der Waals surface area contributed by atoms with Crippen LogP contribution < -0.4 is 0 Å². The van der Waals surface area contributed by atoms with Gasteiger partial charge in [-0.25, -0.2) is 0 Å². The molecule has 1 heteroatoms. The van der Waals surface area contributed by atoms with Gasteiger partial charge in [0.15, 0.2) is 0 Å². The summed E-state index contributed by atoms with van der Waals surface area (Å²) in [5.74, 6) is 1.29. The summed E-state index contributed by atoms with van der Waals surface area (Å²) in [7, 11) is 0. The van der Waals surface area contributed by atoms with E-state index >= 15 is 0 Å². The number of aliphatic hydroxyl groups excluding tert-OH is 1. The van der Waals surface area contributed by atoms with Crippen molar-refractivity contribution < 1.29 is 5.11 Å². The Morgan fingerprint density at radius 3 is 2.72 bits per heavy atom. The van der Waals surface area contributed by atoms with Gasteiger partial charge >= 0.3 is 0 Å². The van der Waals surface area contributed by atoms with Crippen LogP contribution >= 0.6 is 0 Å². The van der Waals surface area contributed by atoms with Crippen LogP contribution in [0.2, 0.25) is 0 Å². The molecule has 1 fully saturated rings. The van der Waals surface area contributed by atoms with E-state index in [0.717, 1.165) is 12.3 Å². The van der Waals surface area contributed by atoms with Crippen LogP contribution in [-0.2, 0) is 6.42 Å². The Morgan fingerprint density at radius 1 is 1.22 bits per heavy atom. The van der Waals surface area contributed by atoms with Crippen molar-refractivity contribution >= 4 is 0 Å². The van der Waals surface area contributed by atoms with Gasteiger partial charge < -0.3 is 5.11 Å². The molecule has 0 amide bonds. The van der Waals surface area contributed by atoms with E-state index in [1.165, 1.54) is 43.2 Å². The van der Waals surface area contributed by atoms with E-state index in [1.807, 2.05) is 0 Å². The Labute approximate surface area is 111 Å². The first-order chi connectivity index (χ1) is 8.76. The van der Waals surface area contributed by atoms with Crippen LogP contribution in [0.5, 0.6) is 0 Å². The fourth-order valence-electron chi connectivity index (χ4n) is 3.39. The fourth-order valence-corrected chi connectivity index (χ4v) is 3.39. The van der Waals surface area contributed by atoms with E-state index in [2.05, 4.69) is 38.1 Å². The van der Waals surface area contributed by atoms with Crippen LogP contribution in [0.1, 0.15) is 63.2 Å². The molecule has 0 aliphatic heterocycles. The zero-order chi connectivity index (χ0) is 13.0. The van der Waals surface area contributed by atoms with E-state index in [0.29, 0.717) is 5.92 Å². The maximum absolute atomic E-state index is 10.7. The van der Waals surface area contributed by atoms with Crippen LogP contribution in [0.25, 0.3) is 0 Å². The summed E-state index contributed by atoms with van der Waals surface area (Å²) in [5.41, 5.74) is 2.48. The second-order valence-electron chi connectivity index (χ2n) is 5.70. The highest BCUT2D eigenvalue weighted by atomic mass is 16.3. The van der Waals surface area contributed by atoms with Crippen molar-refractivity contribution in [1.82, 2.24) is 0 Å². The van der Waals surface area contributed by atoms with Gasteiger partial charge in [0.25, 0.3) is 0 Å². The topological polar surface area (TPSA) is 20.2 Å². The molecule has 1 aliphatic carbocycles. The Kier molecular flexibility index (Phi) is 4.82. The normalized spacial score (nSPS) is 25.9. The van der Waals surface area contributed by atoms with E-state index in [-0.39, 0.29) is 6.10 Å². The molecule has 0 bridgehead atoms. The molecule has 0 radical (unpaired) electrons. The average molecular weight is 246 g/mol. The Hall–Kier alpha value is -0.820. The first kappa shape index (κ1) is 13.6. The number of hydrogen-bond donors (Lipinski definition) is 1. The zero-order valence-corrected chi connectivity index (χ0v) is 11.7. The van der Waals surface area contributed by atoms with Gasteiger partial charge in [-0.05, 0) is 42.2 Å². The van der Waals surface area contributed by atoms with Gasteiger partial charge in [0.05, 0.1) is 6.10 Å². The second kappa shape index (κ2) is 6.38. The molecule has 1 saturated carbocycles. The highest BCUT2D eigenvalue weighted by molar-refractivity contribution is 5.29. The van der Waals surface area contributed by atoms with Crippen molar-refractivity contribution in [3.63, 3.8) is 0 Å². The monoisotopic (exact) mass is 246 g/mol. The third-order valence-corrected chi connectivity index (χ3v) is 4.60. The summed E-state index contributed by atoms with van der Waals surface area (Å²) in [6.45, 7) is 4.45. The molecule has 1 aromatic carbocycles. The Balaban J connectivity index is 2.12. The van der Waals surface area contributed by atoms with Gasteiger partial charge in [0, 0.05) is 0 Å². The summed E-state index contributed by atoms with van der Waals surface area (Å²) in [4.78, 5) is 0. The molecule has 1 aromatic rings. The lowest BCUT2D eigenvalue weighted by Crippen LogP contribution is -2.22. The molecule has 0 spiro atoms. The molecule has 1 aliphatic rings. The van der Waals surface area contributed by atoms with Gasteiger partial charge in [0.1, 0.15) is 0 Å². The lowest BCUT2D eigenvalue weighted by Gasteiger charge is -2.32. The zero-order valence-electron chi connectivity index (χ0n) is 11.7. The van der Waals surface area contributed by atoms with Gasteiger partial charge in [-0.2, -0.15) is 0 Å². The third kappa shape index (κ3) is 2.95. The fraction of sp³-hybridized carbons (Fsp3) is 0.647. The maximum Gasteiger partial charge on any atom is 0.0820 e. The molecular weight excluding hydrogens is 220 g/mol. The molecule has 0 aromatic heterocycles. The van der Waals surface area contributed by atoms with Crippen molar-refractivity contribution in [2.24, 2.45) is 11.8 Å². The molecule has 0 heterocycles. The number of hydrogen-bond acceptors (Lipinski definition) is 1. The predicted octanol–water partition coefficient (Wildman–Crippen LogP) is 4.50. The summed E-state index contributed by atoms with van der Waals surface area (Å²) in [6.07, 6.45) is 7.06. The predicted molar refractivity (Wildman–Crippen MR) is 76.5 cm³/mol. The minimum Gasteiger partial charge on any atom is -0.388 e. The first-order valence-electron chi connectivity index (χ1n) is 7.52. The van der Waals surface area contributed by atoms with Crippen molar-refractivity contribution in [2.45, 2.75) is 58.5 Å². The van der Waals surface area contributed by atoms with E-state index < -0.39 is 0 Å². The number of aliphatic hydroxyl groups is 1. The highest BCUT2D eigenvalue weighted by Crippen LogP contribution is 2.39. The van der Waals surface area contributed by atoms with Crippen LogP contribution in [0, 0.1) is 11.8 Å². The Bertz CT molecular complexity index is 372. The quantitative estimate of drug-likeness (QED) is 0.829. The second-order valence-corrected chi connectivity index (χ2v) is 5.70. The van der Waals surface area contributed by atoms with E-state index in [1.54, 1.807) is 0 Å². The SMILES string of the molecule is CCc1ccccc1C(O)C1CCCC(CC)C1. The molecule has 18 heavy (non-hydrogen) atoms. The van der Waals surface area contributed by atoms with Gasteiger partial charge in [0.2, 0.25) is 0 Å². The van der Waals surface area contributed by atoms with Crippen LogP contribution in [0.4, 0.5) is 0 Å². The van der Waals surface area contributed by atoms with E-state index in [9.17, 15) is 5.11 Å². The van der Waals surface area contributed by atoms with Crippen LogP contribution in [0.3, 0.4) is 0 Å². The van der Waals surface area contributed by atoms with Gasteiger partial charge in [-0.3, -0.25) is 0 Å². The van der Waals surface area contributed by atoms with Crippen molar-refractivity contribution in [1.29, 1.82) is 0 Å². The smallest absolute Gasteiger partial charge is 0.0820 e. The lowest BCUT2D eigenvalue weighted by molar-refractivity contribution is 0.0672. The molecule has 3 atom stereocenters. The van der Waals surface area contributed by atoms with Crippen LogP contribution in [0.15, 0.2) is 24.3 Å². The molecular formula is C17H26O. The molecule has 100 valence electrons. The molecule has 3 unspecified atom stereocenters. The van der Waals surface area contributed by atoms with Gasteiger partial charge in [-0.1, -0.05) is 57.4 Å². The largest absolute Gasteiger partial charge is 0.388 e. The van der Waals surface area contributed by atoms with Crippen molar-refractivity contribution in [3.8, 4) is 0 Å². The summed E-state index contributed by atoms with van der Waals surface area (Å²) in [5, 5.41) is 10.7. The number of aryl methyl sites for hydroxylation is 1. The summed E-state index contributed by atoms with van der Waals surface area (Å²) >= 11 is 0. The van der Waals surface area contributed by atoms with Crippen molar-refractivity contribution in [3.05, 3.63) is 35.4 Å². The minimum absolute atomic E-state index is 0.254. The maximum atomic E-state index is 10.7. The molecule has 1 nitrogen and oxygen atoms in total. The lowest BCUT2D eigenvalue weighted by atomic mass is 9.75. The minimum atomic E-state index is -0.254.